The summed E-state index contributed by atoms with van der Waals surface area (Å²) < 4.78 is 12.6. The van der Waals surface area contributed by atoms with Gasteiger partial charge in [0.1, 0.15) is 0 Å². The van der Waals surface area contributed by atoms with Gasteiger partial charge in [-0.15, -0.1) is 0 Å². The third-order valence-electron chi connectivity index (χ3n) is 2.63. The van der Waals surface area contributed by atoms with Gasteiger partial charge in [-0.3, -0.25) is 4.79 Å². The Morgan fingerprint density at radius 3 is 2.72 bits per heavy atom. The first-order chi connectivity index (χ1) is 8.70. The highest BCUT2D eigenvalue weighted by molar-refractivity contribution is 6.05. The lowest BCUT2D eigenvalue weighted by atomic mass is 10.0. The first-order valence-electron chi connectivity index (χ1n) is 5.71. The molecule has 0 radical (unpaired) electrons. The van der Waals surface area contributed by atoms with Crippen LogP contribution in [0.5, 0.6) is 0 Å². The van der Waals surface area contributed by atoms with Crippen LogP contribution in [0.15, 0.2) is 42.6 Å². The molecule has 0 atom stereocenters. The van der Waals surface area contributed by atoms with E-state index < -0.39 is 5.95 Å². The third-order valence-corrected chi connectivity index (χ3v) is 2.63. The number of halogens is 1. The smallest absolute Gasteiger partial charge is 0.255 e. The van der Waals surface area contributed by atoms with Crippen LogP contribution in [0.25, 0.3) is 0 Å². The van der Waals surface area contributed by atoms with Gasteiger partial charge in [0.25, 0.3) is 5.91 Å². The van der Waals surface area contributed by atoms with Crippen molar-refractivity contribution in [2.24, 2.45) is 0 Å². The van der Waals surface area contributed by atoms with Crippen molar-refractivity contribution in [3.05, 3.63) is 59.7 Å². The molecule has 0 aliphatic carbocycles. The highest BCUT2D eigenvalue weighted by atomic mass is 19.1. The molecule has 0 aliphatic rings. The molecule has 0 aliphatic heterocycles. The lowest BCUT2D eigenvalue weighted by molar-refractivity contribution is 0.102. The van der Waals surface area contributed by atoms with Crippen molar-refractivity contribution in [1.82, 2.24) is 4.98 Å². The van der Waals surface area contributed by atoms with Gasteiger partial charge in [-0.05, 0) is 30.2 Å². The number of carbonyl (C=O) groups is 1. The Kier molecular flexibility index (Phi) is 3.67. The van der Waals surface area contributed by atoms with Gasteiger partial charge in [-0.1, -0.05) is 25.1 Å². The number of hydrogen-bond acceptors (Lipinski definition) is 2. The molecule has 0 bridgehead atoms. The zero-order valence-corrected chi connectivity index (χ0v) is 9.98. The maximum absolute atomic E-state index is 12.6. The Balaban J connectivity index is 2.19. The van der Waals surface area contributed by atoms with Crippen LogP contribution in [0, 0.1) is 5.95 Å². The molecule has 2 rings (SSSR count). The molecule has 1 aromatic carbocycles. The number of hydrogen-bond donors (Lipinski definition) is 1. The van der Waals surface area contributed by atoms with E-state index in [9.17, 15) is 9.18 Å². The molecule has 2 aromatic rings. The fourth-order valence-electron chi connectivity index (χ4n) is 1.70. The van der Waals surface area contributed by atoms with Crippen molar-refractivity contribution in [3.8, 4) is 0 Å². The van der Waals surface area contributed by atoms with E-state index in [0.29, 0.717) is 11.3 Å². The first-order valence-corrected chi connectivity index (χ1v) is 5.71. The van der Waals surface area contributed by atoms with E-state index in [4.69, 9.17) is 0 Å². The van der Waals surface area contributed by atoms with Crippen LogP contribution in [0.1, 0.15) is 22.8 Å². The summed E-state index contributed by atoms with van der Waals surface area (Å²) in [6, 6.07) is 10.1. The summed E-state index contributed by atoms with van der Waals surface area (Å²) in [6.07, 6.45) is 2.08. The van der Waals surface area contributed by atoms with Gasteiger partial charge >= 0.3 is 0 Å². The number of pyridine rings is 1. The second-order valence-corrected chi connectivity index (χ2v) is 3.83. The predicted molar refractivity (Wildman–Crippen MR) is 68.0 cm³/mol. The van der Waals surface area contributed by atoms with Crippen molar-refractivity contribution < 1.29 is 9.18 Å². The minimum absolute atomic E-state index is 0.208. The van der Waals surface area contributed by atoms with Crippen LogP contribution in [-0.2, 0) is 6.42 Å². The van der Waals surface area contributed by atoms with Gasteiger partial charge in [0.15, 0.2) is 0 Å². The van der Waals surface area contributed by atoms with Gasteiger partial charge < -0.3 is 5.32 Å². The van der Waals surface area contributed by atoms with Crippen LogP contribution in [0.3, 0.4) is 0 Å². The average molecular weight is 244 g/mol. The monoisotopic (exact) mass is 244 g/mol. The van der Waals surface area contributed by atoms with Crippen molar-refractivity contribution in [2.45, 2.75) is 13.3 Å². The van der Waals surface area contributed by atoms with Gasteiger partial charge in [0.2, 0.25) is 5.95 Å². The Morgan fingerprint density at radius 2 is 2.06 bits per heavy atom. The third kappa shape index (κ3) is 2.71. The number of aromatic nitrogens is 1. The molecule has 1 aromatic heterocycles. The molecular formula is C14H13FN2O. The largest absolute Gasteiger partial charge is 0.321 e. The van der Waals surface area contributed by atoms with E-state index in [1.807, 2.05) is 25.1 Å². The summed E-state index contributed by atoms with van der Waals surface area (Å²) in [5.41, 5.74) is 2.08. The summed E-state index contributed by atoms with van der Waals surface area (Å²) >= 11 is 0. The summed E-state index contributed by atoms with van der Waals surface area (Å²) in [4.78, 5) is 15.5. The normalized spacial score (nSPS) is 10.1. The first kappa shape index (κ1) is 12.2. The molecule has 0 spiro atoms. The zero-order valence-electron chi connectivity index (χ0n) is 9.98. The van der Waals surface area contributed by atoms with E-state index in [2.05, 4.69) is 10.3 Å². The number of nitrogens with zero attached hydrogens (tertiary/aromatic N) is 1. The lowest BCUT2D eigenvalue weighted by Gasteiger charge is -2.08. The fraction of sp³-hybridized carbons (Fsp3) is 0.143. The highest BCUT2D eigenvalue weighted by Crippen LogP contribution is 2.13. The Labute approximate surface area is 105 Å². The predicted octanol–water partition coefficient (Wildman–Crippen LogP) is 3.04. The van der Waals surface area contributed by atoms with E-state index in [1.165, 1.54) is 18.3 Å². The molecule has 18 heavy (non-hydrogen) atoms. The second kappa shape index (κ2) is 5.40. The number of carbonyl (C=O) groups excluding carboxylic acids is 1. The minimum Gasteiger partial charge on any atom is -0.321 e. The van der Waals surface area contributed by atoms with Crippen molar-refractivity contribution in [2.75, 3.05) is 5.32 Å². The van der Waals surface area contributed by atoms with E-state index in [0.717, 1.165) is 12.0 Å². The van der Waals surface area contributed by atoms with E-state index in [-0.39, 0.29) is 5.91 Å². The minimum atomic E-state index is -0.568. The van der Waals surface area contributed by atoms with Gasteiger partial charge in [-0.2, -0.15) is 4.39 Å². The Bertz CT molecular complexity index is 552. The van der Waals surface area contributed by atoms with Crippen LogP contribution >= 0.6 is 0 Å². The van der Waals surface area contributed by atoms with Gasteiger partial charge in [-0.25, -0.2) is 4.98 Å². The standard InChI is InChI=1S/C14H13FN2O/c1-2-10-5-3-4-6-12(10)14(18)17-11-7-8-13(15)16-9-11/h3-9H,2H2,1H3,(H,17,18). The van der Waals surface area contributed by atoms with Gasteiger partial charge in [0, 0.05) is 5.56 Å². The van der Waals surface area contributed by atoms with Crippen LogP contribution in [0.4, 0.5) is 10.1 Å². The van der Waals surface area contributed by atoms with Crippen LogP contribution in [0.2, 0.25) is 0 Å². The summed E-state index contributed by atoms with van der Waals surface area (Å²) in [6.45, 7) is 1.99. The topological polar surface area (TPSA) is 42.0 Å². The van der Waals surface area contributed by atoms with Crippen LogP contribution in [-0.4, -0.2) is 10.9 Å². The Morgan fingerprint density at radius 1 is 1.28 bits per heavy atom. The number of nitrogens with one attached hydrogen (secondary N) is 1. The fourth-order valence-corrected chi connectivity index (χ4v) is 1.70. The summed E-state index contributed by atoms with van der Waals surface area (Å²) in [5, 5.41) is 2.69. The molecule has 1 heterocycles. The molecule has 1 N–H and O–H groups in total. The molecular weight excluding hydrogens is 231 g/mol. The number of anilines is 1. The summed E-state index contributed by atoms with van der Waals surface area (Å²) in [5.74, 6) is -0.775. The van der Waals surface area contributed by atoms with Crippen molar-refractivity contribution >= 4 is 11.6 Å². The average Bonchev–Trinajstić information content (AvgIpc) is 2.41. The summed E-state index contributed by atoms with van der Waals surface area (Å²) in [7, 11) is 0. The second-order valence-electron chi connectivity index (χ2n) is 3.83. The maximum Gasteiger partial charge on any atom is 0.255 e. The maximum atomic E-state index is 12.6. The van der Waals surface area contributed by atoms with Crippen molar-refractivity contribution in [1.29, 1.82) is 0 Å². The molecule has 1 amide bonds. The SMILES string of the molecule is CCc1ccccc1C(=O)Nc1ccc(F)nc1. The van der Waals surface area contributed by atoms with E-state index in [1.54, 1.807) is 6.07 Å². The number of amides is 1. The van der Waals surface area contributed by atoms with E-state index >= 15 is 0 Å². The quantitative estimate of drug-likeness (QED) is 0.843. The van der Waals surface area contributed by atoms with Crippen molar-refractivity contribution in [3.63, 3.8) is 0 Å². The zero-order chi connectivity index (χ0) is 13.0. The molecule has 0 saturated carbocycles. The molecule has 0 saturated heterocycles. The number of benzene rings is 1. The Hall–Kier alpha value is -2.23. The van der Waals surface area contributed by atoms with Crippen LogP contribution < -0.4 is 5.32 Å². The van der Waals surface area contributed by atoms with Gasteiger partial charge in [0.05, 0.1) is 11.9 Å². The number of aryl methyl sites for hydroxylation is 1. The highest BCUT2D eigenvalue weighted by Gasteiger charge is 2.09. The molecule has 0 unspecified atom stereocenters. The molecule has 3 nitrogen and oxygen atoms in total. The lowest BCUT2D eigenvalue weighted by Crippen LogP contribution is -2.14. The molecule has 0 fully saturated rings. The molecule has 92 valence electrons. The molecule has 4 heteroatoms. The number of rotatable bonds is 3.